The van der Waals surface area contributed by atoms with E-state index in [2.05, 4.69) is 17.9 Å². The number of thiophene rings is 1. The van der Waals surface area contributed by atoms with Gasteiger partial charge in [0.25, 0.3) is 0 Å². The van der Waals surface area contributed by atoms with Crippen molar-refractivity contribution in [2.24, 2.45) is 0 Å². The molecule has 0 bridgehead atoms. The summed E-state index contributed by atoms with van der Waals surface area (Å²) in [4.78, 5) is 25.6. The molecule has 1 aromatic rings. The number of nitrogens with zero attached hydrogens (tertiary/aromatic N) is 1. The molecule has 0 aromatic carbocycles. The fourth-order valence-electron chi connectivity index (χ4n) is 1.45. The van der Waals surface area contributed by atoms with E-state index in [4.69, 9.17) is 11.6 Å². The lowest BCUT2D eigenvalue weighted by molar-refractivity contribution is -0.134. The van der Waals surface area contributed by atoms with E-state index >= 15 is 0 Å². The first kappa shape index (κ1) is 15.3. The Labute approximate surface area is 121 Å². The number of hydrogen-bond acceptors (Lipinski definition) is 4. The Bertz CT molecular complexity index is 436. The zero-order valence-corrected chi connectivity index (χ0v) is 12.6. The average Bonchev–Trinajstić information content (AvgIpc) is 2.70. The van der Waals surface area contributed by atoms with Gasteiger partial charge in [-0.3, -0.25) is 9.59 Å². The number of nitrogens with one attached hydrogen (secondary N) is 1. The molecule has 1 unspecified atom stereocenters. The van der Waals surface area contributed by atoms with Crippen molar-refractivity contribution >= 4 is 47.4 Å². The number of likely N-dealkylation sites (N-methyl/N-ethyl adjacent to an activating group) is 1. The van der Waals surface area contributed by atoms with Crippen molar-refractivity contribution in [3.05, 3.63) is 21.3 Å². The molecule has 0 fully saturated rings. The van der Waals surface area contributed by atoms with Gasteiger partial charge in [-0.2, -0.15) is 12.6 Å². The van der Waals surface area contributed by atoms with Crippen molar-refractivity contribution in [3.63, 3.8) is 0 Å². The minimum Gasteiger partial charge on any atom is -0.344 e. The fraction of sp³-hybridized carbons (Fsp3) is 0.455. The molecule has 2 amide bonds. The summed E-state index contributed by atoms with van der Waals surface area (Å²) >= 11 is 11.3. The molecule has 0 radical (unpaired) electrons. The van der Waals surface area contributed by atoms with Crippen molar-refractivity contribution in [3.8, 4) is 0 Å². The van der Waals surface area contributed by atoms with Gasteiger partial charge in [-0.15, -0.1) is 11.3 Å². The zero-order chi connectivity index (χ0) is 13.7. The Morgan fingerprint density at radius 2 is 2.22 bits per heavy atom. The lowest BCUT2D eigenvalue weighted by Crippen LogP contribution is -2.47. The van der Waals surface area contributed by atoms with Crippen LogP contribution in [0, 0.1) is 0 Å². The van der Waals surface area contributed by atoms with Crippen LogP contribution in [0.1, 0.15) is 11.8 Å². The van der Waals surface area contributed by atoms with Crippen LogP contribution < -0.4 is 5.32 Å². The highest BCUT2D eigenvalue weighted by Gasteiger charge is 2.21. The molecule has 1 heterocycles. The van der Waals surface area contributed by atoms with E-state index < -0.39 is 6.04 Å². The summed E-state index contributed by atoms with van der Waals surface area (Å²) in [7, 11) is 1.69. The maximum atomic E-state index is 12.1. The summed E-state index contributed by atoms with van der Waals surface area (Å²) in [5.41, 5.74) is 0. The SMILES string of the molecule is CC(=O)NC(CS)C(=O)N(C)Cc1ccc(Cl)s1. The van der Waals surface area contributed by atoms with Gasteiger partial charge in [0.2, 0.25) is 11.8 Å². The van der Waals surface area contributed by atoms with Crippen LogP contribution in [-0.2, 0) is 16.1 Å². The molecule has 7 heteroatoms. The largest absolute Gasteiger partial charge is 0.344 e. The van der Waals surface area contributed by atoms with E-state index in [0.717, 1.165) is 4.88 Å². The second-order valence-corrected chi connectivity index (χ2v) is 6.00. The fourth-order valence-corrected chi connectivity index (χ4v) is 2.83. The smallest absolute Gasteiger partial charge is 0.246 e. The highest BCUT2D eigenvalue weighted by molar-refractivity contribution is 7.80. The van der Waals surface area contributed by atoms with Gasteiger partial charge in [0, 0.05) is 24.6 Å². The molecule has 1 N–H and O–H groups in total. The molecule has 1 rings (SSSR count). The number of halogens is 1. The van der Waals surface area contributed by atoms with E-state index in [-0.39, 0.29) is 17.6 Å². The van der Waals surface area contributed by atoms with Crippen LogP contribution in [0.4, 0.5) is 0 Å². The quantitative estimate of drug-likeness (QED) is 0.815. The Morgan fingerprint density at radius 3 is 2.67 bits per heavy atom. The Kier molecular flexibility index (Phi) is 5.98. The molecule has 0 saturated carbocycles. The second-order valence-electron chi connectivity index (χ2n) is 3.84. The van der Waals surface area contributed by atoms with Crippen molar-refractivity contribution in [2.75, 3.05) is 12.8 Å². The highest BCUT2D eigenvalue weighted by atomic mass is 35.5. The Morgan fingerprint density at radius 1 is 1.56 bits per heavy atom. The van der Waals surface area contributed by atoms with E-state index in [0.29, 0.717) is 10.9 Å². The number of rotatable bonds is 5. The lowest BCUT2D eigenvalue weighted by Gasteiger charge is -2.22. The minimum absolute atomic E-state index is 0.162. The molecular formula is C11H15ClN2O2S2. The van der Waals surface area contributed by atoms with Gasteiger partial charge < -0.3 is 10.2 Å². The molecule has 4 nitrogen and oxygen atoms in total. The van der Waals surface area contributed by atoms with Crippen molar-refractivity contribution in [1.82, 2.24) is 10.2 Å². The van der Waals surface area contributed by atoms with Crippen LogP contribution in [0.15, 0.2) is 12.1 Å². The lowest BCUT2D eigenvalue weighted by atomic mass is 10.2. The Hall–Kier alpha value is -0.720. The maximum Gasteiger partial charge on any atom is 0.246 e. The summed E-state index contributed by atoms with van der Waals surface area (Å²) in [6, 6.07) is 3.08. The predicted octanol–water partition coefficient (Wildman–Crippen LogP) is 1.79. The average molecular weight is 307 g/mol. The summed E-state index contributed by atoms with van der Waals surface area (Å²) < 4.78 is 0.693. The molecule has 0 spiro atoms. The molecule has 100 valence electrons. The summed E-state index contributed by atoms with van der Waals surface area (Å²) in [5, 5.41) is 2.57. The van der Waals surface area contributed by atoms with Gasteiger partial charge >= 0.3 is 0 Å². The monoisotopic (exact) mass is 306 g/mol. The highest BCUT2D eigenvalue weighted by Crippen LogP contribution is 2.22. The molecule has 0 aliphatic carbocycles. The third-order valence-electron chi connectivity index (χ3n) is 2.26. The first-order valence-corrected chi connectivity index (χ1v) is 7.14. The molecule has 0 aliphatic rings. The standard InChI is InChI=1S/C11H15ClN2O2S2/c1-7(15)13-9(6-17)11(16)14(2)5-8-3-4-10(12)18-8/h3-4,9,17H,5-6H2,1-2H3,(H,13,15). The molecule has 0 saturated heterocycles. The van der Waals surface area contributed by atoms with Crippen LogP contribution >= 0.6 is 35.6 Å². The summed E-state index contributed by atoms with van der Waals surface area (Å²) in [5.74, 6) is -0.131. The van der Waals surface area contributed by atoms with E-state index in [9.17, 15) is 9.59 Å². The summed E-state index contributed by atoms with van der Waals surface area (Å²) in [6.07, 6.45) is 0. The van der Waals surface area contributed by atoms with Gasteiger partial charge in [0.1, 0.15) is 6.04 Å². The normalized spacial score (nSPS) is 12.0. The van der Waals surface area contributed by atoms with Crippen molar-refractivity contribution < 1.29 is 9.59 Å². The Balaban J connectivity index is 2.61. The number of thiol groups is 1. The third-order valence-corrected chi connectivity index (χ3v) is 3.84. The first-order chi connectivity index (χ1) is 8.43. The molecule has 0 aliphatic heterocycles. The molecular weight excluding hydrogens is 292 g/mol. The van der Waals surface area contributed by atoms with Gasteiger partial charge in [0.05, 0.1) is 10.9 Å². The number of carbonyl (C=O) groups excluding carboxylic acids is 2. The molecule has 1 aromatic heterocycles. The zero-order valence-electron chi connectivity index (χ0n) is 10.1. The number of hydrogen-bond donors (Lipinski definition) is 2. The topological polar surface area (TPSA) is 49.4 Å². The van der Waals surface area contributed by atoms with Crippen LogP contribution in [0.3, 0.4) is 0 Å². The third kappa shape index (κ3) is 4.51. The number of amides is 2. The van der Waals surface area contributed by atoms with Gasteiger partial charge in [-0.05, 0) is 12.1 Å². The van der Waals surface area contributed by atoms with Crippen molar-refractivity contribution in [1.29, 1.82) is 0 Å². The van der Waals surface area contributed by atoms with Gasteiger partial charge in [-0.1, -0.05) is 11.6 Å². The van der Waals surface area contributed by atoms with E-state index in [1.807, 2.05) is 6.07 Å². The second kappa shape index (κ2) is 7.01. The molecule has 18 heavy (non-hydrogen) atoms. The summed E-state index contributed by atoms with van der Waals surface area (Å²) in [6.45, 7) is 1.85. The van der Waals surface area contributed by atoms with Gasteiger partial charge in [0.15, 0.2) is 0 Å². The maximum absolute atomic E-state index is 12.1. The number of carbonyl (C=O) groups is 2. The van der Waals surface area contributed by atoms with E-state index in [1.54, 1.807) is 18.0 Å². The van der Waals surface area contributed by atoms with Crippen LogP contribution in [0.25, 0.3) is 0 Å². The molecule has 1 atom stereocenters. The predicted molar refractivity (Wildman–Crippen MR) is 77.3 cm³/mol. The minimum atomic E-state index is -0.591. The van der Waals surface area contributed by atoms with Crippen molar-refractivity contribution in [2.45, 2.75) is 19.5 Å². The van der Waals surface area contributed by atoms with E-state index in [1.165, 1.54) is 18.3 Å². The van der Waals surface area contributed by atoms with Crippen LogP contribution in [0.2, 0.25) is 4.34 Å². The van der Waals surface area contributed by atoms with Gasteiger partial charge in [-0.25, -0.2) is 0 Å². The van der Waals surface area contributed by atoms with Crippen LogP contribution in [-0.4, -0.2) is 35.6 Å². The van der Waals surface area contributed by atoms with Crippen LogP contribution in [0.5, 0.6) is 0 Å². The first-order valence-electron chi connectivity index (χ1n) is 5.31.